The zero-order valence-corrected chi connectivity index (χ0v) is 8.89. The van der Waals surface area contributed by atoms with Gasteiger partial charge < -0.3 is 4.42 Å². The number of benzene rings is 2. The maximum absolute atomic E-state index is 5.62. The van der Waals surface area contributed by atoms with Crippen LogP contribution in [0.25, 0.3) is 10.8 Å². The normalized spacial score (nSPS) is 10.8. The first-order valence-corrected chi connectivity index (χ1v) is 5.42. The van der Waals surface area contributed by atoms with Crippen LogP contribution in [0.5, 0.6) is 0 Å². The molecule has 0 spiro atoms. The molecule has 3 rings (SSSR count). The van der Waals surface area contributed by atoms with Crippen molar-refractivity contribution in [3.8, 4) is 0 Å². The topological polar surface area (TPSA) is 13.1 Å². The molecule has 1 heteroatoms. The minimum atomic E-state index is 0.856. The summed E-state index contributed by atoms with van der Waals surface area (Å²) in [6.45, 7) is 0. The molecule has 1 heterocycles. The summed E-state index contributed by atoms with van der Waals surface area (Å²) in [7, 11) is 0. The Morgan fingerprint density at radius 2 is 1.56 bits per heavy atom. The summed E-state index contributed by atoms with van der Waals surface area (Å²) in [6.07, 6.45) is 2.68. The summed E-state index contributed by atoms with van der Waals surface area (Å²) in [5.74, 6) is 1.04. The molecular formula is C15H12O. The second-order valence-electron chi connectivity index (χ2n) is 3.91. The molecular weight excluding hydrogens is 196 g/mol. The average molecular weight is 208 g/mol. The van der Waals surface area contributed by atoms with Crippen molar-refractivity contribution in [1.82, 2.24) is 0 Å². The van der Waals surface area contributed by atoms with Crippen LogP contribution in [-0.2, 0) is 6.42 Å². The fourth-order valence-electron chi connectivity index (χ4n) is 1.97. The van der Waals surface area contributed by atoms with Crippen LogP contribution in [0.4, 0.5) is 0 Å². The fourth-order valence-corrected chi connectivity index (χ4v) is 1.97. The molecule has 1 aromatic heterocycles. The lowest BCUT2D eigenvalue weighted by molar-refractivity contribution is 0.526. The van der Waals surface area contributed by atoms with E-state index in [1.54, 1.807) is 0 Å². The van der Waals surface area contributed by atoms with Gasteiger partial charge in [0.25, 0.3) is 0 Å². The molecule has 16 heavy (non-hydrogen) atoms. The van der Waals surface area contributed by atoms with E-state index >= 15 is 0 Å². The van der Waals surface area contributed by atoms with Crippen molar-refractivity contribution in [3.63, 3.8) is 0 Å². The Morgan fingerprint density at radius 3 is 2.44 bits per heavy atom. The Bertz CT molecular complexity index is 593. The SMILES string of the molecule is c1ccc(Cc2occ3ccccc23)cc1. The van der Waals surface area contributed by atoms with E-state index in [0.717, 1.165) is 12.2 Å². The van der Waals surface area contributed by atoms with E-state index in [9.17, 15) is 0 Å². The zero-order valence-electron chi connectivity index (χ0n) is 8.89. The first-order chi connectivity index (χ1) is 7.93. The predicted octanol–water partition coefficient (Wildman–Crippen LogP) is 4.02. The van der Waals surface area contributed by atoms with Gasteiger partial charge in [-0.1, -0.05) is 54.6 Å². The maximum Gasteiger partial charge on any atom is 0.115 e. The van der Waals surface area contributed by atoms with Gasteiger partial charge in [0.15, 0.2) is 0 Å². The van der Waals surface area contributed by atoms with Gasteiger partial charge in [0, 0.05) is 17.2 Å². The van der Waals surface area contributed by atoms with Crippen LogP contribution in [0.15, 0.2) is 65.3 Å². The van der Waals surface area contributed by atoms with Gasteiger partial charge in [-0.15, -0.1) is 0 Å². The lowest BCUT2D eigenvalue weighted by Gasteiger charge is -1.98. The highest BCUT2D eigenvalue weighted by Crippen LogP contribution is 2.22. The second-order valence-corrected chi connectivity index (χ2v) is 3.91. The summed E-state index contributed by atoms with van der Waals surface area (Å²) >= 11 is 0. The molecule has 0 unspecified atom stereocenters. The highest BCUT2D eigenvalue weighted by molar-refractivity contribution is 5.84. The summed E-state index contributed by atoms with van der Waals surface area (Å²) in [6, 6.07) is 18.7. The summed E-state index contributed by atoms with van der Waals surface area (Å²) in [4.78, 5) is 0. The van der Waals surface area contributed by atoms with Crippen molar-refractivity contribution in [1.29, 1.82) is 0 Å². The Morgan fingerprint density at radius 1 is 0.812 bits per heavy atom. The molecule has 0 saturated heterocycles. The van der Waals surface area contributed by atoms with Crippen molar-refractivity contribution in [3.05, 3.63) is 72.2 Å². The molecule has 1 nitrogen and oxygen atoms in total. The first kappa shape index (κ1) is 9.22. The molecule has 0 aliphatic rings. The predicted molar refractivity (Wildman–Crippen MR) is 65.5 cm³/mol. The number of hydrogen-bond donors (Lipinski definition) is 0. The van der Waals surface area contributed by atoms with E-state index in [2.05, 4.69) is 36.4 Å². The van der Waals surface area contributed by atoms with Gasteiger partial charge in [0.05, 0.1) is 6.26 Å². The summed E-state index contributed by atoms with van der Waals surface area (Å²) in [5, 5.41) is 2.39. The minimum Gasteiger partial charge on any atom is -0.468 e. The van der Waals surface area contributed by atoms with E-state index in [0.29, 0.717) is 0 Å². The Balaban J connectivity index is 2.01. The molecule has 0 amide bonds. The lowest BCUT2D eigenvalue weighted by atomic mass is 10.1. The summed E-state index contributed by atoms with van der Waals surface area (Å²) in [5.41, 5.74) is 1.28. The monoisotopic (exact) mass is 208 g/mol. The van der Waals surface area contributed by atoms with Gasteiger partial charge in [-0.2, -0.15) is 0 Å². The Hall–Kier alpha value is -2.02. The van der Waals surface area contributed by atoms with E-state index in [1.165, 1.54) is 16.3 Å². The minimum absolute atomic E-state index is 0.856. The molecule has 78 valence electrons. The highest BCUT2D eigenvalue weighted by atomic mass is 16.3. The van der Waals surface area contributed by atoms with Gasteiger partial charge >= 0.3 is 0 Å². The average Bonchev–Trinajstić information content (AvgIpc) is 2.74. The fraction of sp³-hybridized carbons (Fsp3) is 0.0667. The third-order valence-electron chi connectivity index (χ3n) is 2.80. The molecule has 0 radical (unpaired) electrons. The number of rotatable bonds is 2. The van der Waals surface area contributed by atoms with Crippen LogP contribution in [0, 0.1) is 0 Å². The Kier molecular flexibility index (Phi) is 2.22. The standard InChI is InChI=1S/C15H12O/c1-2-6-12(7-3-1)10-15-14-9-5-4-8-13(14)11-16-15/h1-9,11H,10H2. The molecule has 3 aromatic rings. The van der Waals surface area contributed by atoms with Crippen molar-refractivity contribution in [2.45, 2.75) is 6.42 Å². The molecule has 0 N–H and O–H groups in total. The molecule has 0 bridgehead atoms. The number of hydrogen-bond acceptors (Lipinski definition) is 1. The summed E-state index contributed by atoms with van der Waals surface area (Å²) < 4.78 is 5.62. The van der Waals surface area contributed by atoms with E-state index in [1.807, 2.05) is 24.5 Å². The van der Waals surface area contributed by atoms with Gasteiger partial charge in [-0.25, -0.2) is 0 Å². The third-order valence-corrected chi connectivity index (χ3v) is 2.80. The molecule has 2 aromatic carbocycles. The van der Waals surface area contributed by atoms with Gasteiger partial charge in [-0.05, 0) is 5.56 Å². The van der Waals surface area contributed by atoms with Crippen LogP contribution >= 0.6 is 0 Å². The molecule has 0 saturated carbocycles. The van der Waals surface area contributed by atoms with E-state index < -0.39 is 0 Å². The third kappa shape index (κ3) is 1.61. The van der Waals surface area contributed by atoms with Crippen molar-refractivity contribution < 1.29 is 4.42 Å². The lowest BCUT2D eigenvalue weighted by Crippen LogP contribution is -1.85. The smallest absolute Gasteiger partial charge is 0.115 e. The van der Waals surface area contributed by atoms with Crippen LogP contribution in [0.3, 0.4) is 0 Å². The van der Waals surface area contributed by atoms with E-state index in [4.69, 9.17) is 4.42 Å². The molecule has 0 fully saturated rings. The van der Waals surface area contributed by atoms with Crippen LogP contribution in [0.2, 0.25) is 0 Å². The zero-order chi connectivity index (χ0) is 10.8. The van der Waals surface area contributed by atoms with Crippen LogP contribution < -0.4 is 0 Å². The number of fused-ring (bicyclic) bond motifs is 1. The number of furan rings is 1. The second kappa shape index (κ2) is 3.86. The van der Waals surface area contributed by atoms with E-state index in [-0.39, 0.29) is 0 Å². The molecule has 0 aliphatic carbocycles. The largest absolute Gasteiger partial charge is 0.468 e. The van der Waals surface area contributed by atoms with Crippen molar-refractivity contribution in [2.24, 2.45) is 0 Å². The van der Waals surface area contributed by atoms with Crippen molar-refractivity contribution in [2.75, 3.05) is 0 Å². The van der Waals surface area contributed by atoms with Crippen LogP contribution in [0.1, 0.15) is 11.3 Å². The molecule has 0 aliphatic heterocycles. The van der Waals surface area contributed by atoms with Crippen LogP contribution in [-0.4, -0.2) is 0 Å². The van der Waals surface area contributed by atoms with Crippen molar-refractivity contribution >= 4 is 10.8 Å². The van der Waals surface area contributed by atoms with Gasteiger partial charge in [0.1, 0.15) is 5.76 Å². The van der Waals surface area contributed by atoms with Gasteiger partial charge in [-0.3, -0.25) is 0 Å². The maximum atomic E-state index is 5.62. The Labute approximate surface area is 94.3 Å². The highest BCUT2D eigenvalue weighted by Gasteiger charge is 2.05. The quantitative estimate of drug-likeness (QED) is 0.619. The van der Waals surface area contributed by atoms with Gasteiger partial charge in [0.2, 0.25) is 0 Å². The first-order valence-electron chi connectivity index (χ1n) is 5.42. The molecule has 0 atom stereocenters.